The van der Waals surface area contributed by atoms with Gasteiger partial charge in [-0.1, -0.05) is 38.5 Å². The number of carbonyl (C=O) groups excluding carboxylic acids is 1. The van der Waals surface area contributed by atoms with Crippen molar-refractivity contribution in [3.05, 3.63) is 12.3 Å². The first kappa shape index (κ1) is 14.2. The molecule has 0 saturated heterocycles. The maximum Gasteiger partial charge on any atom is 0.137 e. The molecule has 2 aliphatic carbocycles. The van der Waals surface area contributed by atoms with Crippen molar-refractivity contribution in [2.75, 3.05) is 0 Å². The van der Waals surface area contributed by atoms with Gasteiger partial charge in [-0.25, -0.2) is 0 Å². The molecule has 1 nitrogen and oxygen atoms in total. The van der Waals surface area contributed by atoms with E-state index in [1.54, 1.807) is 6.92 Å². The molecule has 2 aliphatic rings. The fraction of sp³-hybridized carbons (Fsp3) is 0.750. The minimum Gasteiger partial charge on any atom is -0.299 e. The van der Waals surface area contributed by atoms with Crippen molar-refractivity contribution in [1.29, 1.82) is 0 Å². The molecule has 0 bridgehead atoms. The van der Waals surface area contributed by atoms with Crippen LogP contribution in [0, 0.1) is 12.3 Å². The zero-order chi connectivity index (χ0) is 9.52. The second kappa shape index (κ2) is 8.49. The van der Waals surface area contributed by atoms with Gasteiger partial charge in [0.15, 0.2) is 0 Å². The maximum absolute atomic E-state index is 10.6. The number of Topliss-reactive ketones (excluding diaryl/α,β-unsaturated/α-hetero) is 1. The molecule has 0 aromatic carbocycles. The molecule has 0 N–H and O–H groups in total. The second-order valence-electron chi connectivity index (χ2n) is 3.95. The van der Waals surface area contributed by atoms with Crippen LogP contribution in [-0.2, 0) is 21.9 Å². The Morgan fingerprint density at radius 3 is 1.79 bits per heavy atom. The summed E-state index contributed by atoms with van der Waals surface area (Å²) in [7, 11) is 0. The average molecular weight is 236 g/mol. The summed E-state index contributed by atoms with van der Waals surface area (Å²) in [4.78, 5) is 10.6. The Morgan fingerprint density at radius 2 is 1.57 bits per heavy atom. The molecule has 0 aromatic heterocycles. The number of rotatable bonds is 1. The van der Waals surface area contributed by atoms with E-state index < -0.39 is 0 Å². The SMILES string of the molecule is C1CCCC1.CC(=O)[C]1[CH]CCC1.[Fe]. The third-order valence-corrected chi connectivity index (χ3v) is 2.74. The van der Waals surface area contributed by atoms with Crippen LogP contribution in [-0.4, -0.2) is 5.78 Å². The Kier molecular flexibility index (Phi) is 8.61. The zero-order valence-electron chi connectivity index (χ0n) is 9.00. The van der Waals surface area contributed by atoms with E-state index in [4.69, 9.17) is 0 Å². The normalized spacial score (nSPS) is 20.9. The molecular weight excluding hydrogens is 216 g/mol. The Hall–Kier alpha value is 0.189. The fourth-order valence-corrected chi connectivity index (χ4v) is 1.87. The number of hydrogen-bond acceptors (Lipinski definition) is 1. The summed E-state index contributed by atoms with van der Waals surface area (Å²) in [6.45, 7) is 1.64. The fourth-order valence-electron chi connectivity index (χ4n) is 1.87. The molecule has 2 saturated carbocycles. The smallest absolute Gasteiger partial charge is 0.137 e. The predicted molar refractivity (Wildman–Crippen MR) is 55.2 cm³/mol. The van der Waals surface area contributed by atoms with Gasteiger partial charge in [0.05, 0.1) is 0 Å². The van der Waals surface area contributed by atoms with Crippen molar-refractivity contribution in [2.24, 2.45) is 0 Å². The van der Waals surface area contributed by atoms with E-state index in [9.17, 15) is 4.79 Å². The van der Waals surface area contributed by atoms with Gasteiger partial charge < -0.3 is 0 Å². The monoisotopic (exact) mass is 236 g/mol. The van der Waals surface area contributed by atoms with E-state index >= 15 is 0 Å². The summed E-state index contributed by atoms with van der Waals surface area (Å²) < 4.78 is 0. The number of ketones is 1. The Balaban J connectivity index is 0.000000246. The third-order valence-electron chi connectivity index (χ3n) is 2.74. The molecule has 0 unspecified atom stereocenters. The summed E-state index contributed by atoms with van der Waals surface area (Å²) >= 11 is 0. The second-order valence-corrected chi connectivity index (χ2v) is 3.95. The first-order valence-electron chi connectivity index (χ1n) is 5.50. The summed E-state index contributed by atoms with van der Waals surface area (Å²) in [5.74, 6) is 1.28. The van der Waals surface area contributed by atoms with Crippen molar-refractivity contribution < 1.29 is 21.9 Å². The topological polar surface area (TPSA) is 17.1 Å². The van der Waals surface area contributed by atoms with Crippen molar-refractivity contribution in [3.63, 3.8) is 0 Å². The van der Waals surface area contributed by atoms with Crippen molar-refractivity contribution >= 4 is 5.78 Å². The molecule has 2 heteroatoms. The number of carbonyl (C=O) groups is 1. The van der Waals surface area contributed by atoms with Gasteiger partial charge >= 0.3 is 0 Å². The minimum absolute atomic E-state index is 0. The van der Waals surface area contributed by atoms with E-state index in [0.717, 1.165) is 18.8 Å². The van der Waals surface area contributed by atoms with E-state index in [0.29, 0.717) is 0 Å². The number of hydrogen-bond donors (Lipinski definition) is 0. The molecular formula is C12H20FeO. The Bertz CT molecular complexity index is 139. The van der Waals surface area contributed by atoms with Gasteiger partial charge in [0.25, 0.3) is 0 Å². The van der Waals surface area contributed by atoms with Crippen LogP contribution in [0.25, 0.3) is 0 Å². The summed E-state index contributed by atoms with van der Waals surface area (Å²) in [6.07, 6.45) is 12.8. The largest absolute Gasteiger partial charge is 0.299 e. The van der Waals surface area contributed by atoms with Gasteiger partial charge in [-0.3, -0.25) is 4.79 Å². The van der Waals surface area contributed by atoms with Gasteiger partial charge in [-0.15, -0.1) is 0 Å². The van der Waals surface area contributed by atoms with Gasteiger partial charge in [0.1, 0.15) is 5.78 Å². The van der Waals surface area contributed by atoms with E-state index in [1.807, 2.05) is 6.42 Å². The molecule has 82 valence electrons. The van der Waals surface area contributed by atoms with Crippen molar-refractivity contribution in [1.82, 2.24) is 0 Å². The van der Waals surface area contributed by atoms with Crippen LogP contribution in [0.4, 0.5) is 0 Å². The molecule has 2 rings (SSSR count). The average Bonchev–Trinajstić information content (AvgIpc) is 2.82. The minimum atomic E-state index is 0. The van der Waals surface area contributed by atoms with Crippen LogP contribution < -0.4 is 0 Å². The van der Waals surface area contributed by atoms with Gasteiger partial charge in [-0.2, -0.15) is 0 Å². The zero-order valence-corrected chi connectivity index (χ0v) is 10.1. The van der Waals surface area contributed by atoms with Gasteiger partial charge in [0, 0.05) is 23.0 Å². The predicted octanol–water partition coefficient (Wildman–Crippen LogP) is 3.49. The first-order valence-corrected chi connectivity index (χ1v) is 5.50. The standard InChI is InChI=1S/C7H10O.C5H10.Fe/c1-6(8)7-4-2-3-5-7;1-2-4-5-3-1;/h4H,2-3,5H2,1H3;1-5H2;. The van der Waals surface area contributed by atoms with Crippen LogP contribution in [0.2, 0.25) is 0 Å². The van der Waals surface area contributed by atoms with Crippen LogP contribution in [0.1, 0.15) is 58.3 Å². The molecule has 2 fully saturated rings. The van der Waals surface area contributed by atoms with E-state index in [2.05, 4.69) is 0 Å². The summed E-state index contributed by atoms with van der Waals surface area (Å²) in [5.41, 5.74) is 0. The Morgan fingerprint density at radius 1 is 1.07 bits per heavy atom. The van der Waals surface area contributed by atoms with Crippen LogP contribution in [0.5, 0.6) is 0 Å². The van der Waals surface area contributed by atoms with Crippen molar-refractivity contribution in [2.45, 2.75) is 58.3 Å². The molecule has 0 atom stereocenters. The van der Waals surface area contributed by atoms with Crippen LogP contribution in [0.3, 0.4) is 0 Å². The third kappa shape index (κ3) is 5.82. The van der Waals surface area contributed by atoms with E-state index in [-0.39, 0.29) is 22.9 Å². The molecule has 0 aromatic rings. The summed E-state index contributed by atoms with van der Waals surface area (Å²) in [5, 5.41) is 0. The molecule has 14 heavy (non-hydrogen) atoms. The molecule has 0 spiro atoms. The van der Waals surface area contributed by atoms with Crippen molar-refractivity contribution in [3.8, 4) is 0 Å². The molecule has 0 amide bonds. The van der Waals surface area contributed by atoms with Crippen LogP contribution in [0.15, 0.2) is 0 Å². The quantitative estimate of drug-likeness (QED) is 0.637. The maximum atomic E-state index is 10.6. The molecule has 0 heterocycles. The molecule has 2 radical (unpaired) electrons. The molecule has 0 aliphatic heterocycles. The van der Waals surface area contributed by atoms with E-state index in [1.165, 1.54) is 38.5 Å². The summed E-state index contributed by atoms with van der Waals surface area (Å²) in [6, 6.07) is 0. The van der Waals surface area contributed by atoms with Crippen LogP contribution >= 0.6 is 0 Å². The Labute approximate surface area is 98.5 Å². The van der Waals surface area contributed by atoms with Gasteiger partial charge in [-0.05, 0) is 26.2 Å². The van der Waals surface area contributed by atoms with Gasteiger partial charge in [0.2, 0.25) is 0 Å². The first-order chi connectivity index (χ1) is 6.30.